The number of aromatic nitrogens is 3. The van der Waals surface area contributed by atoms with E-state index in [2.05, 4.69) is 5.32 Å². The molecule has 0 atom stereocenters. The van der Waals surface area contributed by atoms with E-state index in [4.69, 9.17) is 15.7 Å². The largest absolute Gasteiger partial charge is 0.384 e. The molecule has 0 fully saturated rings. The van der Waals surface area contributed by atoms with Gasteiger partial charge in [0.15, 0.2) is 5.65 Å². The van der Waals surface area contributed by atoms with E-state index < -0.39 is 0 Å². The maximum absolute atomic E-state index is 13.2. The van der Waals surface area contributed by atoms with Gasteiger partial charge in [-0.25, -0.2) is 14.4 Å². The van der Waals surface area contributed by atoms with Gasteiger partial charge < -0.3 is 11.1 Å². The van der Waals surface area contributed by atoms with E-state index >= 15 is 0 Å². The number of carbonyl (C=O) groups is 1. The first-order valence-corrected chi connectivity index (χ1v) is 10.7. The maximum atomic E-state index is 13.2. The molecule has 5 aromatic rings. The number of fused-ring (bicyclic) bond motifs is 2. The summed E-state index contributed by atoms with van der Waals surface area (Å²) in [4.78, 5) is 22.7. The number of rotatable bonds is 5. The van der Waals surface area contributed by atoms with Gasteiger partial charge >= 0.3 is 0 Å². The molecule has 0 spiro atoms. The molecule has 0 unspecified atom stereocenters. The van der Waals surface area contributed by atoms with Crippen molar-refractivity contribution in [2.75, 3.05) is 12.3 Å². The number of para-hydroxylation sites is 2. The van der Waals surface area contributed by atoms with E-state index in [0.29, 0.717) is 35.2 Å². The Labute approximate surface area is 189 Å². The first kappa shape index (κ1) is 20.6. The molecular formula is C26H22FN5O. The number of hydrogen-bond donors (Lipinski definition) is 2. The molecule has 3 aromatic carbocycles. The zero-order chi connectivity index (χ0) is 22.9. The van der Waals surface area contributed by atoms with Crippen LogP contribution in [0.4, 0.5) is 10.2 Å². The Morgan fingerprint density at radius 1 is 0.970 bits per heavy atom. The number of benzene rings is 3. The first-order chi connectivity index (χ1) is 16.0. The zero-order valence-corrected chi connectivity index (χ0v) is 18.0. The van der Waals surface area contributed by atoms with Crippen LogP contribution in [0.5, 0.6) is 0 Å². The third-order valence-electron chi connectivity index (χ3n) is 5.63. The number of halogens is 1. The maximum Gasteiger partial charge on any atom is 0.257 e. The highest BCUT2D eigenvalue weighted by molar-refractivity contribution is 6.11. The fraction of sp³-hybridized carbons (Fsp3) is 0.115. The molecule has 0 aliphatic rings. The second-order valence-electron chi connectivity index (χ2n) is 7.95. The van der Waals surface area contributed by atoms with Crippen LogP contribution in [0.2, 0.25) is 0 Å². The van der Waals surface area contributed by atoms with Crippen molar-refractivity contribution < 1.29 is 9.18 Å². The standard InChI is InChI=1S/C26H22FN5O/c1-16-6-12-19(13-7-16)32-24(28)22(23-25(32)31-21-5-3-2-4-20(21)30-23)26(33)29-15-14-17-8-10-18(27)11-9-17/h2-13H,14-15,28H2,1H3,(H,29,33). The predicted molar refractivity (Wildman–Crippen MR) is 128 cm³/mol. The molecule has 2 heterocycles. The van der Waals surface area contributed by atoms with Gasteiger partial charge in [-0.3, -0.25) is 9.36 Å². The monoisotopic (exact) mass is 439 g/mol. The summed E-state index contributed by atoms with van der Waals surface area (Å²) in [6.45, 7) is 2.39. The van der Waals surface area contributed by atoms with Crippen LogP contribution in [-0.2, 0) is 6.42 Å². The fourth-order valence-electron chi connectivity index (χ4n) is 3.90. The number of amides is 1. The molecule has 0 aliphatic carbocycles. The minimum atomic E-state index is -0.324. The first-order valence-electron chi connectivity index (χ1n) is 10.7. The molecule has 0 aliphatic heterocycles. The molecule has 2 aromatic heterocycles. The number of nitrogens with two attached hydrogens (primary N) is 1. The highest BCUT2D eigenvalue weighted by atomic mass is 19.1. The van der Waals surface area contributed by atoms with Crippen LogP contribution in [-0.4, -0.2) is 27.0 Å². The van der Waals surface area contributed by atoms with Crippen molar-refractivity contribution >= 4 is 33.9 Å². The molecule has 33 heavy (non-hydrogen) atoms. The summed E-state index contributed by atoms with van der Waals surface area (Å²) < 4.78 is 14.9. The molecule has 0 saturated carbocycles. The quantitative estimate of drug-likeness (QED) is 0.420. The summed E-state index contributed by atoms with van der Waals surface area (Å²) in [5, 5.41) is 2.92. The van der Waals surface area contributed by atoms with Crippen LogP contribution in [0.3, 0.4) is 0 Å². The van der Waals surface area contributed by atoms with E-state index in [1.54, 1.807) is 16.7 Å². The van der Waals surface area contributed by atoms with Crippen LogP contribution in [0, 0.1) is 12.7 Å². The highest BCUT2D eigenvalue weighted by Gasteiger charge is 2.24. The average Bonchev–Trinajstić information content (AvgIpc) is 3.10. The Kier molecular flexibility index (Phi) is 5.22. The van der Waals surface area contributed by atoms with Crippen LogP contribution >= 0.6 is 0 Å². The van der Waals surface area contributed by atoms with Gasteiger partial charge in [-0.05, 0) is 55.3 Å². The van der Waals surface area contributed by atoms with Crippen molar-refractivity contribution in [3.63, 3.8) is 0 Å². The summed E-state index contributed by atoms with van der Waals surface area (Å²) in [7, 11) is 0. The molecule has 7 heteroatoms. The lowest BCUT2D eigenvalue weighted by molar-refractivity contribution is 0.0956. The number of nitrogens with one attached hydrogen (secondary N) is 1. The number of anilines is 1. The fourth-order valence-corrected chi connectivity index (χ4v) is 3.90. The average molecular weight is 439 g/mol. The smallest absolute Gasteiger partial charge is 0.257 e. The minimum absolute atomic E-state index is 0.281. The second kappa shape index (κ2) is 8.35. The van der Waals surface area contributed by atoms with Gasteiger partial charge in [0.25, 0.3) is 5.91 Å². The zero-order valence-electron chi connectivity index (χ0n) is 18.0. The lowest BCUT2D eigenvalue weighted by atomic mass is 10.1. The van der Waals surface area contributed by atoms with E-state index in [-0.39, 0.29) is 17.5 Å². The van der Waals surface area contributed by atoms with Crippen LogP contribution in [0.25, 0.3) is 27.9 Å². The van der Waals surface area contributed by atoms with Gasteiger partial charge in [-0.15, -0.1) is 0 Å². The van der Waals surface area contributed by atoms with Crippen molar-refractivity contribution in [2.24, 2.45) is 0 Å². The second-order valence-corrected chi connectivity index (χ2v) is 7.95. The SMILES string of the molecule is Cc1ccc(-n2c(N)c(C(=O)NCCc3ccc(F)cc3)c3nc4ccccc4nc32)cc1. The third-order valence-corrected chi connectivity index (χ3v) is 5.63. The number of hydrogen-bond acceptors (Lipinski definition) is 4. The third kappa shape index (κ3) is 3.89. The van der Waals surface area contributed by atoms with Crippen molar-refractivity contribution in [3.8, 4) is 5.69 Å². The van der Waals surface area contributed by atoms with Crippen molar-refractivity contribution in [2.45, 2.75) is 13.3 Å². The normalized spacial score (nSPS) is 11.2. The van der Waals surface area contributed by atoms with Gasteiger partial charge in [0, 0.05) is 12.2 Å². The molecule has 1 amide bonds. The van der Waals surface area contributed by atoms with Crippen LogP contribution in [0.1, 0.15) is 21.5 Å². The summed E-state index contributed by atoms with van der Waals surface area (Å²) in [5.74, 6) is -0.330. The lowest BCUT2D eigenvalue weighted by Crippen LogP contribution is -2.26. The molecule has 6 nitrogen and oxygen atoms in total. The predicted octanol–water partition coefficient (Wildman–Crippen LogP) is 4.58. The number of carbonyl (C=O) groups excluding carboxylic acids is 1. The lowest BCUT2D eigenvalue weighted by Gasteiger charge is -2.09. The molecular weight excluding hydrogens is 417 g/mol. The summed E-state index contributed by atoms with van der Waals surface area (Å²) in [6, 6.07) is 21.6. The summed E-state index contributed by atoms with van der Waals surface area (Å²) >= 11 is 0. The minimum Gasteiger partial charge on any atom is -0.384 e. The molecule has 0 bridgehead atoms. The van der Waals surface area contributed by atoms with E-state index in [1.165, 1.54) is 12.1 Å². The Morgan fingerprint density at radius 3 is 2.33 bits per heavy atom. The number of aryl methyl sites for hydroxylation is 1. The van der Waals surface area contributed by atoms with Crippen molar-refractivity contribution in [1.82, 2.24) is 19.9 Å². The molecule has 164 valence electrons. The summed E-state index contributed by atoms with van der Waals surface area (Å²) in [5.41, 5.74) is 12.1. The van der Waals surface area contributed by atoms with Crippen LogP contribution in [0.15, 0.2) is 72.8 Å². The Hall–Kier alpha value is -4.26. The topological polar surface area (TPSA) is 85.8 Å². The van der Waals surface area contributed by atoms with Crippen molar-refractivity contribution in [3.05, 3.63) is 95.3 Å². The number of nitrogens with zero attached hydrogens (tertiary/aromatic N) is 3. The van der Waals surface area contributed by atoms with E-state index in [1.807, 2.05) is 55.5 Å². The summed E-state index contributed by atoms with van der Waals surface area (Å²) in [6.07, 6.45) is 0.567. The Balaban J connectivity index is 1.56. The van der Waals surface area contributed by atoms with E-state index in [0.717, 1.165) is 22.3 Å². The molecule has 5 rings (SSSR count). The van der Waals surface area contributed by atoms with Crippen LogP contribution < -0.4 is 11.1 Å². The Morgan fingerprint density at radius 2 is 1.64 bits per heavy atom. The van der Waals surface area contributed by atoms with E-state index in [9.17, 15) is 9.18 Å². The molecule has 3 N–H and O–H groups in total. The molecule has 0 saturated heterocycles. The highest BCUT2D eigenvalue weighted by Crippen LogP contribution is 2.31. The van der Waals surface area contributed by atoms with Gasteiger partial charge in [-0.1, -0.05) is 42.0 Å². The van der Waals surface area contributed by atoms with Crippen molar-refractivity contribution in [1.29, 1.82) is 0 Å². The van der Waals surface area contributed by atoms with Gasteiger partial charge in [0.05, 0.1) is 11.0 Å². The van der Waals surface area contributed by atoms with Gasteiger partial charge in [0.1, 0.15) is 22.7 Å². The molecule has 0 radical (unpaired) electrons. The Bertz CT molecular complexity index is 1470. The number of nitrogen functional groups attached to an aromatic ring is 1. The van der Waals surface area contributed by atoms with Gasteiger partial charge in [0.2, 0.25) is 0 Å². The van der Waals surface area contributed by atoms with Gasteiger partial charge in [-0.2, -0.15) is 0 Å².